The Hall–Kier alpha value is -1.88. The molecule has 1 aliphatic heterocycles. The first-order valence-corrected chi connectivity index (χ1v) is 10.5. The fourth-order valence-corrected chi connectivity index (χ4v) is 4.56. The van der Waals surface area contributed by atoms with Crippen molar-refractivity contribution in [2.24, 2.45) is 0 Å². The van der Waals surface area contributed by atoms with Gasteiger partial charge in [0.25, 0.3) is 0 Å². The summed E-state index contributed by atoms with van der Waals surface area (Å²) in [6.07, 6.45) is 0.798. The van der Waals surface area contributed by atoms with Gasteiger partial charge in [0.2, 0.25) is 15.2 Å². The molecule has 0 unspecified atom stereocenters. The highest BCUT2D eigenvalue weighted by molar-refractivity contribution is 7.89. The van der Waals surface area contributed by atoms with Gasteiger partial charge in [0.05, 0.1) is 24.7 Å². The van der Waals surface area contributed by atoms with Gasteiger partial charge in [0.15, 0.2) is 5.78 Å². The van der Waals surface area contributed by atoms with Gasteiger partial charge in [-0.15, -0.1) is 10.2 Å². The molecule has 1 N–H and O–H groups in total. The van der Waals surface area contributed by atoms with Crippen molar-refractivity contribution >= 4 is 32.3 Å². The highest BCUT2D eigenvalue weighted by atomic mass is 32.2. The van der Waals surface area contributed by atoms with Crippen molar-refractivity contribution in [3.05, 3.63) is 34.8 Å². The van der Waals surface area contributed by atoms with E-state index in [0.717, 1.165) is 11.4 Å². The van der Waals surface area contributed by atoms with Gasteiger partial charge in [0, 0.05) is 18.7 Å². The molecule has 3 rings (SSSR count). The number of hydrogen-bond acceptors (Lipinski definition) is 8. The van der Waals surface area contributed by atoms with E-state index in [1.807, 2.05) is 6.92 Å². The van der Waals surface area contributed by atoms with Crippen LogP contribution in [0.5, 0.6) is 0 Å². The second-order valence-corrected chi connectivity index (χ2v) is 8.67. The lowest BCUT2D eigenvalue weighted by Gasteiger charge is -2.26. The number of sulfonamides is 1. The second-order valence-electron chi connectivity index (χ2n) is 5.67. The van der Waals surface area contributed by atoms with E-state index in [1.54, 1.807) is 0 Å². The number of ether oxygens (including phenoxy) is 1. The number of rotatable bonds is 7. The fraction of sp³-hybridized carbons (Fsp3) is 0.438. The van der Waals surface area contributed by atoms with Gasteiger partial charge in [-0.3, -0.25) is 4.79 Å². The van der Waals surface area contributed by atoms with Crippen molar-refractivity contribution < 1.29 is 17.9 Å². The first-order valence-electron chi connectivity index (χ1n) is 8.28. The summed E-state index contributed by atoms with van der Waals surface area (Å²) in [5.41, 5.74) is 0.443. The van der Waals surface area contributed by atoms with Crippen molar-refractivity contribution in [2.75, 3.05) is 38.2 Å². The molecule has 26 heavy (non-hydrogen) atoms. The number of ketones is 1. The molecule has 10 heteroatoms. The number of carbonyl (C=O) groups is 1. The Balaban J connectivity index is 1.63. The van der Waals surface area contributed by atoms with E-state index in [4.69, 9.17) is 4.74 Å². The van der Waals surface area contributed by atoms with E-state index in [2.05, 4.69) is 15.5 Å². The Bertz CT molecular complexity index is 859. The van der Waals surface area contributed by atoms with E-state index >= 15 is 0 Å². The molecule has 2 aromatic rings. The Morgan fingerprint density at radius 3 is 2.54 bits per heavy atom. The summed E-state index contributed by atoms with van der Waals surface area (Å²) in [6.45, 7) is 3.54. The zero-order chi connectivity index (χ0) is 18.6. The largest absolute Gasteiger partial charge is 0.379 e. The standard InChI is InChI=1S/C16H20N4O4S2/c1-2-15-18-19-16(25-15)17-11-14(21)12-3-5-13(6-4-12)26(22,23)20-7-9-24-10-8-20/h3-6H,2,7-11H2,1H3,(H,17,19). The molecular formula is C16H20N4O4S2. The summed E-state index contributed by atoms with van der Waals surface area (Å²) in [4.78, 5) is 12.5. The van der Waals surface area contributed by atoms with Gasteiger partial charge < -0.3 is 10.1 Å². The lowest BCUT2D eigenvalue weighted by atomic mass is 10.1. The van der Waals surface area contributed by atoms with Crippen LogP contribution in [0.4, 0.5) is 5.13 Å². The number of hydrogen-bond donors (Lipinski definition) is 1. The Morgan fingerprint density at radius 1 is 1.23 bits per heavy atom. The molecule has 2 heterocycles. The van der Waals surface area contributed by atoms with Crippen molar-refractivity contribution in [2.45, 2.75) is 18.2 Å². The minimum atomic E-state index is -3.55. The Labute approximate surface area is 156 Å². The highest BCUT2D eigenvalue weighted by Crippen LogP contribution is 2.19. The highest BCUT2D eigenvalue weighted by Gasteiger charge is 2.26. The van der Waals surface area contributed by atoms with Crippen LogP contribution in [0.2, 0.25) is 0 Å². The summed E-state index contributed by atoms with van der Waals surface area (Å²) < 4.78 is 31.7. The number of benzene rings is 1. The SMILES string of the molecule is CCc1nnc(NCC(=O)c2ccc(S(=O)(=O)N3CCOCC3)cc2)s1. The molecule has 0 radical (unpaired) electrons. The zero-order valence-electron chi connectivity index (χ0n) is 14.3. The fourth-order valence-electron chi connectivity index (χ4n) is 2.47. The maximum atomic E-state index is 12.6. The van der Waals surface area contributed by atoms with Crippen LogP contribution in [0.1, 0.15) is 22.3 Å². The topological polar surface area (TPSA) is 101 Å². The molecule has 0 bridgehead atoms. The van der Waals surface area contributed by atoms with E-state index in [0.29, 0.717) is 37.0 Å². The molecule has 0 aliphatic carbocycles. The molecular weight excluding hydrogens is 376 g/mol. The summed E-state index contributed by atoms with van der Waals surface area (Å²) >= 11 is 1.41. The maximum Gasteiger partial charge on any atom is 0.243 e. The van der Waals surface area contributed by atoms with Crippen molar-refractivity contribution in [1.82, 2.24) is 14.5 Å². The predicted molar refractivity (Wildman–Crippen MR) is 98.1 cm³/mol. The molecule has 8 nitrogen and oxygen atoms in total. The van der Waals surface area contributed by atoms with Gasteiger partial charge in [0.1, 0.15) is 5.01 Å². The van der Waals surface area contributed by atoms with Gasteiger partial charge in [-0.2, -0.15) is 4.31 Å². The van der Waals surface area contributed by atoms with E-state index < -0.39 is 10.0 Å². The summed E-state index contributed by atoms with van der Waals surface area (Å²) in [5.74, 6) is -0.145. The number of nitrogens with one attached hydrogen (secondary N) is 1. The molecule has 1 aromatic heterocycles. The summed E-state index contributed by atoms with van der Waals surface area (Å²) in [7, 11) is -3.55. The number of aryl methyl sites for hydroxylation is 1. The molecule has 0 spiro atoms. The maximum absolute atomic E-state index is 12.6. The van der Waals surface area contributed by atoms with E-state index in [-0.39, 0.29) is 17.2 Å². The summed E-state index contributed by atoms with van der Waals surface area (Å²) in [6, 6.07) is 6.01. The monoisotopic (exact) mass is 396 g/mol. The average molecular weight is 396 g/mol. The zero-order valence-corrected chi connectivity index (χ0v) is 16.0. The number of carbonyl (C=O) groups excluding carboxylic acids is 1. The van der Waals surface area contributed by atoms with Crippen LogP contribution >= 0.6 is 11.3 Å². The van der Waals surface area contributed by atoms with Crippen LogP contribution in [0.3, 0.4) is 0 Å². The van der Waals surface area contributed by atoms with Crippen LogP contribution < -0.4 is 5.32 Å². The minimum Gasteiger partial charge on any atom is -0.379 e. The lowest BCUT2D eigenvalue weighted by Crippen LogP contribution is -2.40. The third-order valence-corrected chi connectivity index (χ3v) is 6.89. The first kappa shape index (κ1) is 18.9. The lowest BCUT2D eigenvalue weighted by molar-refractivity contribution is 0.0730. The normalized spacial score (nSPS) is 15.7. The van der Waals surface area contributed by atoms with Crippen LogP contribution in [0, 0.1) is 0 Å². The van der Waals surface area contributed by atoms with Gasteiger partial charge in [-0.05, 0) is 30.7 Å². The number of morpholine rings is 1. The van der Waals surface area contributed by atoms with Gasteiger partial charge in [-0.1, -0.05) is 18.3 Å². The average Bonchev–Trinajstić information content (AvgIpc) is 3.15. The molecule has 1 aliphatic rings. The third-order valence-electron chi connectivity index (χ3n) is 3.95. The summed E-state index contributed by atoms with van der Waals surface area (Å²) in [5, 5.41) is 12.4. The molecule has 0 amide bonds. The van der Waals surface area contributed by atoms with Crippen molar-refractivity contribution in [1.29, 1.82) is 0 Å². The number of Topliss-reactive ketones (excluding diaryl/α,β-unsaturated/α-hetero) is 1. The number of nitrogens with zero attached hydrogens (tertiary/aromatic N) is 3. The third kappa shape index (κ3) is 4.26. The molecule has 0 saturated carbocycles. The second kappa shape index (κ2) is 8.21. The molecule has 140 valence electrons. The number of anilines is 1. The van der Waals surface area contributed by atoms with Gasteiger partial charge in [-0.25, -0.2) is 8.42 Å². The van der Waals surface area contributed by atoms with Crippen molar-refractivity contribution in [3.8, 4) is 0 Å². The van der Waals surface area contributed by atoms with Crippen molar-refractivity contribution in [3.63, 3.8) is 0 Å². The van der Waals surface area contributed by atoms with E-state index in [1.165, 1.54) is 39.9 Å². The van der Waals surface area contributed by atoms with E-state index in [9.17, 15) is 13.2 Å². The molecule has 1 aromatic carbocycles. The van der Waals surface area contributed by atoms with Crippen LogP contribution in [0.25, 0.3) is 0 Å². The smallest absolute Gasteiger partial charge is 0.243 e. The van der Waals surface area contributed by atoms with Crippen LogP contribution in [0.15, 0.2) is 29.2 Å². The van der Waals surface area contributed by atoms with Crippen LogP contribution in [-0.2, 0) is 21.2 Å². The predicted octanol–water partition coefficient (Wildman–Crippen LogP) is 1.42. The molecule has 1 fully saturated rings. The first-order chi connectivity index (χ1) is 12.5. The minimum absolute atomic E-state index is 0.0773. The Morgan fingerprint density at radius 2 is 1.92 bits per heavy atom. The number of aromatic nitrogens is 2. The molecule has 1 saturated heterocycles. The van der Waals surface area contributed by atoms with Gasteiger partial charge >= 0.3 is 0 Å². The Kier molecular flexibility index (Phi) is 5.97. The quantitative estimate of drug-likeness (QED) is 0.706. The van der Waals surface area contributed by atoms with Crippen LogP contribution in [-0.4, -0.2) is 61.6 Å². The molecule has 0 atom stereocenters.